The van der Waals surface area contributed by atoms with E-state index in [1.807, 2.05) is 0 Å². The summed E-state index contributed by atoms with van der Waals surface area (Å²) >= 11 is 1.15. The summed E-state index contributed by atoms with van der Waals surface area (Å²) in [7, 11) is 0. The topological polar surface area (TPSA) is 98.0 Å². The third kappa shape index (κ3) is 4.27. The first kappa shape index (κ1) is 22.3. The molecular formula is C24H19FN2O5S. The van der Waals surface area contributed by atoms with Crippen LogP contribution in [0.3, 0.4) is 0 Å². The molecule has 0 amide bonds. The van der Waals surface area contributed by atoms with Crippen molar-refractivity contribution in [2.24, 2.45) is 4.99 Å². The van der Waals surface area contributed by atoms with Gasteiger partial charge in [0.15, 0.2) is 4.80 Å². The van der Waals surface area contributed by atoms with Gasteiger partial charge in [0.1, 0.15) is 5.82 Å². The van der Waals surface area contributed by atoms with E-state index in [1.165, 1.54) is 41.0 Å². The van der Waals surface area contributed by atoms with Gasteiger partial charge in [-0.1, -0.05) is 35.6 Å². The average Bonchev–Trinajstić information content (AvgIpc) is 3.08. The molecule has 3 aromatic rings. The number of carbonyl (C=O) groups excluding carboxylic acids is 1. The molecule has 9 heteroatoms. The first-order valence-corrected chi connectivity index (χ1v) is 10.9. The Balaban J connectivity index is 1.90. The number of carboxylic acid groups (broad SMARTS) is 1. The number of aromatic nitrogens is 1. The maximum absolute atomic E-state index is 13.6. The fourth-order valence-corrected chi connectivity index (χ4v) is 4.67. The van der Waals surface area contributed by atoms with Gasteiger partial charge in [-0.25, -0.2) is 19.0 Å². The number of esters is 1. The maximum atomic E-state index is 13.6. The monoisotopic (exact) mass is 466 g/mol. The van der Waals surface area contributed by atoms with Gasteiger partial charge >= 0.3 is 11.9 Å². The Kier molecular flexibility index (Phi) is 6.06. The fourth-order valence-electron chi connectivity index (χ4n) is 3.63. The predicted molar refractivity (Wildman–Crippen MR) is 120 cm³/mol. The van der Waals surface area contributed by atoms with Gasteiger partial charge < -0.3 is 9.84 Å². The van der Waals surface area contributed by atoms with Crippen LogP contribution in [-0.2, 0) is 9.53 Å². The largest absolute Gasteiger partial charge is 0.478 e. The summed E-state index contributed by atoms with van der Waals surface area (Å²) in [6.45, 7) is 3.51. The van der Waals surface area contributed by atoms with Gasteiger partial charge in [0, 0.05) is 0 Å². The molecule has 0 fully saturated rings. The number of carbonyl (C=O) groups is 2. The summed E-state index contributed by atoms with van der Waals surface area (Å²) in [6.07, 6.45) is 1.64. The van der Waals surface area contributed by atoms with Crippen LogP contribution in [0.4, 0.5) is 4.39 Å². The molecule has 0 unspecified atom stereocenters. The molecule has 1 N–H and O–H groups in total. The summed E-state index contributed by atoms with van der Waals surface area (Å²) < 4.78 is 20.6. The number of rotatable bonds is 5. The predicted octanol–water partition coefficient (Wildman–Crippen LogP) is 2.64. The number of hydrogen-bond donors (Lipinski definition) is 1. The van der Waals surface area contributed by atoms with E-state index in [2.05, 4.69) is 4.99 Å². The molecule has 2 heterocycles. The van der Waals surface area contributed by atoms with Gasteiger partial charge in [0.25, 0.3) is 5.56 Å². The lowest BCUT2D eigenvalue weighted by Crippen LogP contribution is -2.39. The van der Waals surface area contributed by atoms with Gasteiger partial charge in [-0.15, -0.1) is 0 Å². The molecule has 0 spiro atoms. The zero-order valence-corrected chi connectivity index (χ0v) is 18.6. The third-order valence-electron chi connectivity index (χ3n) is 5.16. The van der Waals surface area contributed by atoms with Crippen molar-refractivity contribution in [1.29, 1.82) is 0 Å². The lowest BCUT2D eigenvalue weighted by atomic mass is 9.96. The number of hydrogen-bond acceptors (Lipinski definition) is 6. The second-order valence-electron chi connectivity index (χ2n) is 7.28. The highest BCUT2D eigenvalue weighted by atomic mass is 32.1. The number of nitrogens with zero attached hydrogens (tertiary/aromatic N) is 2. The zero-order chi connectivity index (χ0) is 23.7. The van der Waals surface area contributed by atoms with Crippen molar-refractivity contribution in [3.8, 4) is 0 Å². The summed E-state index contributed by atoms with van der Waals surface area (Å²) in [6, 6.07) is 10.9. The Labute approximate surface area is 191 Å². The van der Waals surface area contributed by atoms with E-state index in [0.29, 0.717) is 26.2 Å². The first-order chi connectivity index (χ1) is 15.8. The van der Waals surface area contributed by atoms with Crippen LogP contribution in [0.5, 0.6) is 0 Å². The SMILES string of the molecule is CCOC(=O)C1=C(C)N=c2s/c(=C/c3ccc(C(=O)O)cc3)c(=O)n2[C@@H]1c1ccc(F)cc1. The van der Waals surface area contributed by atoms with E-state index < -0.39 is 23.8 Å². The molecule has 1 aliphatic rings. The number of carboxylic acids is 1. The van der Waals surface area contributed by atoms with Crippen molar-refractivity contribution < 1.29 is 23.8 Å². The van der Waals surface area contributed by atoms with Crippen LogP contribution in [0.1, 0.15) is 41.4 Å². The zero-order valence-electron chi connectivity index (χ0n) is 17.7. The number of aromatic carboxylic acids is 1. The Morgan fingerprint density at radius 2 is 1.85 bits per heavy atom. The van der Waals surface area contributed by atoms with E-state index in [9.17, 15) is 18.8 Å². The summed E-state index contributed by atoms with van der Waals surface area (Å²) in [4.78, 5) is 42.1. The number of fused-ring (bicyclic) bond motifs is 1. The second-order valence-corrected chi connectivity index (χ2v) is 8.29. The Morgan fingerprint density at radius 1 is 1.18 bits per heavy atom. The molecule has 0 saturated carbocycles. The van der Waals surface area contributed by atoms with Crippen LogP contribution in [0.15, 0.2) is 69.6 Å². The maximum Gasteiger partial charge on any atom is 0.338 e. The molecule has 1 aliphatic heterocycles. The summed E-state index contributed by atoms with van der Waals surface area (Å²) in [5.74, 6) is -2.07. The molecule has 1 atom stereocenters. The molecule has 0 radical (unpaired) electrons. The minimum Gasteiger partial charge on any atom is -0.478 e. The molecule has 4 rings (SSSR count). The van der Waals surface area contributed by atoms with Gasteiger partial charge in [-0.2, -0.15) is 0 Å². The van der Waals surface area contributed by atoms with Crippen LogP contribution in [-0.4, -0.2) is 28.2 Å². The smallest absolute Gasteiger partial charge is 0.338 e. The van der Waals surface area contributed by atoms with E-state index in [1.54, 1.807) is 32.1 Å². The van der Waals surface area contributed by atoms with E-state index >= 15 is 0 Å². The highest BCUT2D eigenvalue weighted by Crippen LogP contribution is 2.30. The van der Waals surface area contributed by atoms with Crippen LogP contribution in [0.2, 0.25) is 0 Å². The molecule has 1 aromatic heterocycles. The van der Waals surface area contributed by atoms with Crippen LogP contribution in [0, 0.1) is 5.82 Å². The van der Waals surface area contributed by atoms with Gasteiger partial charge in [0.05, 0.1) is 34.0 Å². The van der Waals surface area contributed by atoms with Crippen LogP contribution < -0.4 is 14.9 Å². The fraction of sp³-hybridized carbons (Fsp3) is 0.167. The number of allylic oxidation sites excluding steroid dienone is 1. The molecule has 2 aromatic carbocycles. The Hall–Kier alpha value is -3.85. The molecular weight excluding hydrogens is 447 g/mol. The van der Waals surface area contributed by atoms with E-state index in [4.69, 9.17) is 9.84 Å². The highest BCUT2D eigenvalue weighted by Gasteiger charge is 2.33. The average molecular weight is 466 g/mol. The number of benzene rings is 2. The van der Waals surface area contributed by atoms with Crippen LogP contribution >= 0.6 is 11.3 Å². The van der Waals surface area contributed by atoms with E-state index in [0.717, 1.165) is 11.3 Å². The summed E-state index contributed by atoms with van der Waals surface area (Å²) in [5, 5.41) is 9.07. The van der Waals surface area contributed by atoms with E-state index in [-0.39, 0.29) is 23.3 Å². The van der Waals surface area contributed by atoms with Crippen molar-refractivity contribution >= 4 is 29.4 Å². The number of halogens is 1. The molecule has 0 aliphatic carbocycles. The van der Waals surface area contributed by atoms with Gasteiger partial charge in [-0.05, 0) is 55.3 Å². The molecule has 0 saturated heterocycles. The van der Waals surface area contributed by atoms with Gasteiger partial charge in [-0.3, -0.25) is 9.36 Å². The van der Waals surface area contributed by atoms with Gasteiger partial charge in [0.2, 0.25) is 0 Å². The van der Waals surface area contributed by atoms with Crippen molar-refractivity contribution in [1.82, 2.24) is 4.57 Å². The Bertz CT molecular complexity index is 1450. The standard InChI is InChI=1S/C24H19FN2O5S/c1-3-32-23(31)19-13(2)26-24-27(20(19)15-8-10-17(25)11-9-15)21(28)18(33-24)12-14-4-6-16(7-5-14)22(29)30/h4-12,20H,3H2,1-2H3,(H,29,30)/b18-12+/t20-/m1/s1. The normalized spacial score (nSPS) is 15.7. The third-order valence-corrected chi connectivity index (χ3v) is 6.14. The molecule has 0 bridgehead atoms. The lowest BCUT2D eigenvalue weighted by molar-refractivity contribution is -0.139. The number of ether oxygens (including phenoxy) is 1. The molecule has 168 valence electrons. The molecule has 7 nitrogen and oxygen atoms in total. The molecule has 33 heavy (non-hydrogen) atoms. The lowest BCUT2D eigenvalue weighted by Gasteiger charge is -2.24. The quantitative estimate of drug-likeness (QED) is 0.583. The Morgan fingerprint density at radius 3 is 2.45 bits per heavy atom. The number of thiazole rings is 1. The highest BCUT2D eigenvalue weighted by molar-refractivity contribution is 7.07. The van der Waals surface area contributed by atoms with Crippen LogP contribution in [0.25, 0.3) is 6.08 Å². The van der Waals surface area contributed by atoms with Crippen molar-refractivity contribution in [3.05, 3.63) is 102 Å². The van der Waals surface area contributed by atoms with Crippen molar-refractivity contribution in [2.45, 2.75) is 19.9 Å². The van der Waals surface area contributed by atoms with Crippen molar-refractivity contribution in [2.75, 3.05) is 6.61 Å². The van der Waals surface area contributed by atoms with Crippen molar-refractivity contribution in [3.63, 3.8) is 0 Å². The minimum absolute atomic E-state index is 0.139. The minimum atomic E-state index is -1.04. The second kappa shape index (κ2) is 8.95. The first-order valence-electron chi connectivity index (χ1n) is 10.1. The summed E-state index contributed by atoms with van der Waals surface area (Å²) in [5.41, 5.74) is 1.59.